The first-order valence-corrected chi connectivity index (χ1v) is 11.3. The minimum Gasteiger partial charge on any atom is -0.368 e. The largest absolute Gasteiger partial charge is 0.368 e. The number of primary amides is 1. The lowest BCUT2D eigenvalue weighted by molar-refractivity contribution is -0.119. The van der Waals surface area contributed by atoms with Gasteiger partial charge in [0.05, 0.1) is 5.69 Å². The highest BCUT2D eigenvalue weighted by molar-refractivity contribution is 6.40. The molecule has 0 aliphatic carbocycles. The van der Waals surface area contributed by atoms with Crippen molar-refractivity contribution in [1.29, 1.82) is 0 Å². The highest BCUT2D eigenvalue weighted by Gasteiger charge is 2.34. The Morgan fingerprint density at radius 2 is 1.69 bits per heavy atom. The first-order chi connectivity index (χ1) is 15.5. The van der Waals surface area contributed by atoms with E-state index in [4.69, 9.17) is 5.73 Å². The quantitative estimate of drug-likeness (QED) is 0.702. The number of likely N-dealkylation sites (tertiary alicyclic amines) is 1. The summed E-state index contributed by atoms with van der Waals surface area (Å²) in [5.41, 5.74) is 8.97. The number of nitrogens with one attached hydrogen (secondary N) is 1. The minimum atomic E-state index is -0.660. The average Bonchev–Trinajstić information content (AvgIpc) is 3.26. The number of nitrogens with zero attached hydrogens (tertiary/aromatic N) is 3. The van der Waals surface area contributed by atoms with Crippen LogP contribution in [-0.4, -0.2) is 41.6 Å². The van der Waals surface area contributed by atoms with Gasteiger partial charge >= 0.3 is 0 Å². The maximum Gasteiger partial charge on any atom is 0.267 e. The molecule has 2 aromatic carbocycles. The molecule has 0 aromatic heterocycles. The van der Waals surface area contributed by atoms with E-state index in [1.807, 2.05) is 42.5 Å². The molecule has 2 aromatic rings. The van der Waals surface area contributed by atoms with Gasteiger partial charge in [-0.1, -0.05) is 49.4 Å². The molecule has 2 aliphatic rings. The molecule has 0 saturated carbocycles. The van der Waals surface area contributed by atoms with E-state index in [1.54, 1.807) is 5.01 Å². The SMILES string of the molecule is CC1CCN(Cc2ccccc2CNC(=O)C2=NN(c3ccccc3)C(C(N)=O)C2)CC1. The summed E-state index contributed by atoms with van der Waals surface area (Å²) in [7, 11) is 0. The van der Waals surface area contributed by atoms with Crippen LogP contribution in [0.3, 0.4) is 0 Å². The van der Waals surface area contributed by atoms with Gasteiger partial charge in [-0.15, -0.1) is 0 Å². The number of carbonyl (C=O) groups excluding carboxylic acids is 2. The maximum atomic E-state index is 12.9. The Hall–Kier alpha value is -3.19. The number of hydrogen-bond donors (Lipinski definition) is 2. The Morgan fingerprint density at radius 3 is 2.38 bits per heavy atom. The first kappa shape index (κ1) is 22.0. The van der Waals surface area contributed by atoms with Crippen LogP contribution < -0.4 is 16.1 Å². The van der Waals surface area contributed by atoms with E-state index >= 15 is 0 Å². The van der Waals surface area contributed by atoms with E-state index < -0.39 is 11.9 Å². The molecule has 1 saturated heterocycles. The van der Waals surface area contributed by atoms with Crippen molar-refractivity contribution < 1.29 is 9.59 Å². The first-order valence-electron chi connectivity index (χ1n) is 11.3. The molecule has 0 bridgehead atoms. The Kier molecular flexibility index (Phi) is 6.85. The molecular weight excluding hydrogens is 402 g/mol. The van der Waals surface area contributed by atoms with Crippen molar-refractivity contribution in [2.75, 3.05) is 18.1 Å². The summed E-state index contributed by atoms with van der Waals surface area (Å²) in [6, 6.07) is 16.9. The van der Waals surface area contributed by atoms with Crippen molar-refractivity contribution in [3.05, 3.63) is 65.7 Å². The topological polar surface area (TPSA) is 91.0 Å². The smallest absolute Gasteiger partial charge is 0.267 e. The number of anilines is 1. The molecule has 0 radical (unpaired) electrons. The Morgan fingerprint density at radius 1 is 1.03 bits per heavy atom. The number of piperidine rings is 1. The predicted octanol–water partition coefficient (Wildman–Crippen LogP) is 2.65. The maximum absolute atomic E-state index is 12.9. The molecule has 7 heteroatoms. The van der Waals surface area contributed by atoms with Gasteiger partial charge in [0.2, 0.25) is 5.91 Å². The van der Waals surface area contributed by atoms with Crippen LogP contribution in [0.4, 0.5) is 5.69 Å². The fourth-order valence-electron chi connectivity index (χ4n) is 4.31. The number of amides is 2. The fraction of sp³-hybridized carbons (Fsp3) is 0.400. The van der Waals surface area contributed by atoms with Crippen LogP contribution in [0.1, 0.15) is 37.3 Å². The second-order valence-electron chi connectivity index (χ2n) is 8.76. The van der Waals surface area contributed by atoms with E-state index in [1.165, 1.54) is 18.4 Å². The third-order valence-electron chi connectivity index (χ3n) is 6.35. The van der Waals surface area contributed by atoms with Gasteiger partial charge in [0, 0.05) is 19.5 Å². The number of rotatable bonds is 7. The number of carbonyl (C=O) groups is 2. The van der Waals surface area contributed by atoms with Crippen LogP contribution in [0.15, 0.2) is 59.7 Å². The summed E-state index contributed by atoms with van der Waals surface area (Å²) in [6.07, 6.45) is 2.67. The van der Waals surface area contributed by atoms with Gasteiger partial charge in [-0.05, 0) is 55.1 Å². The van der Waals surface area contributed by atoms with Crippen LogP contribution in [0.25, 0.3) is 0 Å². The lowest BCUT2D eigenvalue weighted by Gasteiger charge is -2.30. The number of hydrogen-bond acceptors (Lipinski definition) is 5. The van der Waals surface area contributed by atoms with Gasteiger partial charge in [-0.2, -0.15) is 5.10 Å². The van der Waals surface area contributed by atoms with Crippen LogP contribution in [0.5, 0.6) is 0 Å². The fourth-order valence-corrected chi connectivity index (χ4v) is 4.31. The summed E-state index contributed by atoms with van der Waals surface area (Å²) in [5.74, 6) is 0.0329. The lowest BCUT2D eigenvalue weighted by Crippen LogP contribution is -2.39. The highest BCUT2D eigenvalue weighted by Crippen LogP contribution is 2.24. The summed E-state index contributed by atoms with van der Waals surface area (Å²) < 4.78 is 0. The average molecular weight is 434 g/mol. The zero-order valence-electron chi connectivity index (χ0n) is 18.5. The van der Waals surface area contributed by atoms with Crippen molar-refractivity contribution in [3.8, 4) is 0 Å². The number of para-hydroxylation sites is 1. The summed E-state index contributed by atoms with van der Waals surface area (Å²) in [4.78, 5) is 27.3. The van der Waals surface area contributed by atoms with E-state index in [0.717, 1.165) is 36.8 Å². The third-order valence-corrected chi connectivity index (χ3v) is 6.35. The molecule has 0 spiro atoms. The van der Waals surface area contributed by atoms with Crippen molar-refractivity contribution in [3.63, 3.8) is 0 Å². The molecule has 7 nitrogen and oxygen atoms in total. The Bertz CT molecular complexity index is 983. The zero-order chi connectivity index (χ0) is 22.5. The molecule has 1 fully saturated rings. The van der Waals surface area contributed by atoms with Gasteiger partial charge in [-0.3, -0.25) is 19.5 Å². The molecule has 2 aliphatic heterocycles. The number of hydrazone groups is 1. The molecule has 3 N–H and O–H groups in total. The minimum absolute atomic E-state index is 0.198. The van der Waals surface area contributed by atoms with Gasteiger partial charge in [0.25, 0.3) is 5.91 Å². The molecule has 32 heavy (non-hydrogen) atoms. The van der Waals surface area contributed by atoms with E-state index in [-0.39, 0.29) is 12.3 Å². The third kappa shape index (κ3) is 5.16. The van der Waals surface area contributed by atoms with Crippen molar-refractivity contribution >= 4 is 23.2 Å². The molecule has 1 unspecified atom stereocenters. The van der Waals surface area contributed by atoms with Gasteiger partial charge in [0.15, 0.2) is 0 Å². The van der Waals surface area contributed by atoms with Gasteiger partial charge < -0.3 is 11.1 Å². The van der Waals surface area contributed by atoms with E-state index in [0.29, 0.717) is 12.3 Å². The Balaban J connectivity index is 1.41. The van der Waals surface area contributed by atoms with Crippen LogP contribution >= 0.6 is 0 Å². The van der Waals surface area contributed by atoms with Gasteiger partial charge in [0.1, 0.15) is 11.8 Å². The molecule has 2 heterocycles. The van der Waals surface area contributed by atoms with Gasteiger partial charge in [-0.25, -0.2) is 0 Å². The zero-order valence-corrected chi connectivity index (χ0v) is 18.5. The van der Waals surface area contributed by atoms with E-state index in [2.05, 4.69) is 34.4 Å². The molecular formula is C25H31N5O2. The summed E-state index contributed by atoms with van der Waals surface area (Å²) in [6.45, 7) is 5.86. The number of benzene rings is 2. The normalized spacial score (nSPS) is 19.6. The van der Waals surface area contributed by atoms with Crippen LogP contribution in [0.2, 0.25) is 0 Å². The standard InChI is InChI=1S/C25H31N5O2/c1-18-11-13-29(14-12-18)17-20-8-6-5-7-19(20)16-27-25(32)22-15-23(24(26)31)30(28-22)21-9-3-2-4-10-21/h2-10,18,23H,11-17H2,1H3,(H2,26,31)(H,27,32). The lowest BCUT2D eigenvalue weighted by atomic mass is 9.98. The number of nitrogens with two attached hydrogens (primary N) is 1. The van der Waals surface area contributed by atoms with Crippen molar-refractivity contribution in [2.24, 2.45) is 16.8 Å². The molecule has 4 rings (SSSR count). The predicted molar refractivity (Wildman–Crippen MR) is 126 cm³/mol. The molecule has 2 amide bonds. The summed E-state index contributed by atoms with van der Waals surface area (Å²) in [5, 5.41) is 8.96. The van der Waals surface area contributed by atoms with Crippen molar-refractivity contribution in [2.45, 2.75) is 45.3 Å². The second-order valence-corrected chi connectivity index (χ2v) is 8.76. The van der Waals surface area contributed by atoms with Crippen LogP contribution in [0, 0.1) is 5.92 Å². The molecule has 1 atom stereocenters. The van der Waals surface area contributed by atoms with Crippen molar-refractivity contribution in [1.82, 2.24) is 10.2 Å². The second kappa shape index (κ2) is 9.96. The monoisotopic (exact) mass is 433 g/mol. The molecule has 168 valence electrons. The Labute approximate surface area is 189 Å². The highest BCUT2D eigenvalue weighted by atomic mass is 16.2. The van der Waals surface area contributed by atoms with Crippen LogP contribution in [-0.2, 0) is 22.7 Å². The summed E-state index contributed by atoms with van der Waals surface area (Å²) >= 11 is 0. The van der Waals surface area contributed by atoms with E-state index in [9.17, 15) is 9.59 Å².